The SMILES string of the molecule is CC(C)C(C#N)NCc1ccc(Cl)cc1. The molecule has 0 bridgehead atoms. The predicted molar refractivity (Wildman–Crippen MR) is 62.5 cm³/mol. The fraction of sp³-hybridized carbons (Fsp3) is 0.417. The monoisotopic (exact) mass is 222 g/mol. The Kier molecular flexibility index (Phi) is 4.61. The minimum atomic E-state index is -0.0966. The molecular weight excluding hydrogens is 208 g/mol. The summed E-state index contributed by atoms with van der Waals surface area (Å²) in [4.78, 5) is 0. The van der Waals surface area contributed by atoms with Crippen molar-refractivity contribution in [3.8, 4) is 6.07 Å². The number of halogens is 1. The van der Waals surface area contributed by atoms with E-state index in [-0.39, 0.29) is 6.04 Å². The Morgan fingerprint density at radius 2 is 1.93 bits per heavy atom. The molecular formula is C12H15ClN2. The van der Waals surface area contributed by atoms with Crippen LogP contribution in [0.3, 0.4) is 0 Å². The lowest BCUT2D eigenvalue weighted by Gasteiger charge is -2.14. The first-order chi connectivity index (χ1) is 7.13. The van der Waals surface area contributed by atoms with Gasteiger partial charge in [0, 0.05) is 11.6 Å². The molecule has 2 nitrogen and oxygen atoms in total. The van der Waals surface area contributed by atoms with Gasteiger partial charge in [-0.05, 0) is 23.6 Å². The topological polar surface area (TPSA) is 35.8 Å². The van der Waals surface area contributed by atoms with Crippen molar-refractivity contribution in [3.05, 3.63) is 34.9 Å². The normalized spacial score (nSPS) is 12.5. The molecule has 3 heteroatoms. The van der Waals surface area contributed by atoms with Crippen molar-refractivity contribution in [2.45, 2.75) is 26.4 Å². The average Bonchev–Trinajstić information content (AvgIpc) is 2.21. The molecule has 1 aromatic rings. The summed E-state index contributed by atoms with van der Waals surface area (Å²) in [6.45, 7) is 4.76. The molecule has 80 valence electrons. The van der Waals surface area contributed by atoms with E-state index in [1.807, 2.05) is 38.1 Å². The van der Waals surface area contributed by atoms with Crippen molar-refractivity contribution < 1.29 is 0 Å². The highest BCUT2D eigenvalue weighted by atomic mass is 35.5. The zero-order valence-corrected chi connectivity index (χ0v) is 9.75. The lowest BCUT2D eigenvalue weighted by Crippen LogP contribution is -2.31. The summed E-state index contributed by atoms with van der Waals surface area (Å²) >= 11 is 5.78. The fourth-order valence-electron chi connectivity index (χ4n) is 1.26. The molecule has 0 amide bonds. The van der Waals surface area contributed by atoms with Crippen LogP contribution in [-0.2, 0) is 6.54 Å². The van der Waals surface area contributed by atoms with E-state index in [0.717, 1.165) is 10.6 Å². The third-order valence-electron chi connectivity index (χ3n) is 2.25. The number of nitrogens with one attached hydrogen (secondary N) is 1. The second-order valence-corrected chi connectivity index (χ2v) is 4.29. The average molecular weight is 223 g/mol. The number of rotatable bonds is 4. The molecule has 1 rings (SSSR count). The van der Waals surface area contributed by atoms with Crippen LogP contribution in [0.15, 0.2) is 24.3 Å². The lowest BCUT2D eigenvalue weighted by atomic mass is 10.1. The molecule has 0 radical (unpaired) electrons. The van der Waals surface area contributed by atoms with Gasteiger partial charge in [0.1, 0.15) is 0 Å². The summed E-state index contributed by atoms with van der Waals surface area (Å²) in [5, 5.41) is 12.8. The van der Waals surface area contributed by atoms with Crippen molar-refractivity contribution in [1.29, 1.82) is 5.26 Å². The highest BCUT2D eigenvalue weighted by Gasteiger charge is 2.10. The maximum atomic E-state index is 8.88. The molecule has 0 aliphatic carbocycles. The zero-order chi connectivity index (χ0) is 11.3. The van der Waals surface area contributed by atoms with E-state index in [4.69, 9.17) is 16.9 Å². The van der Waals surface area contributed by atoms with Crippen LogP contribution in [0.1, 0.15) is 19.4 Å². The molecule has 0 saturated carbocycles. The second-order valence-electron chi connectivity index (χ2n) is 3.86. The first-order valence-electron chi connectivity index (χ1n) is 5.01. The van der Waals surface area contributed by atoms with Gasteiger partial charge in [-0.15, -0.1) is 0 Å². The van der Waals surface area contributed by atoms with Gasteiger partial charge in [-0.2, -0.15) is 5.26 Å². The number of benzene rings is 1. The molecule has 0 fully saturated rings. The van der Waals surface area contributed by atoms with Crippen molar-refractivity contribution in [2.24, 2.45) is 5.92 Å². The van der Waals surface area contributed by atoms with Crippen LogP contribution >= 0.6 is 11.6 Å². The molecule has 15 heavy (non-hydrogen) atoms. The Labute approximate surface area is 95.9 Å². The largest absolute Gasteiger partial charge is 0.298 e. The summed E-state index contributed by atoms with van der Waals surface area (Å²) in [7, 11) is 0. The van der Waals surface area contributed by atoms with E-state index in [9.17, 15) is 0 Å². The number of hydrogen-bond donors (Lipinski definition) is 1. The maximum Gasteiger partial charge on any atom is 0.0978 e. The van der Waals surface area contributed by atoms with E-state index >= 15 is 0 Å². The minimum Gasteiger partial charge on any atom is -0.298 e. The highest BCUT2D eigenvalue weighted by Crippen LogP contribution is 2.10. The second kappa shape index (κ2) is 5.75. The van der Waals surface area contributed by atoms with Gasteiger partial charge in [-0.25, -0.2) is 0 Å². The number of nitriles is 1. The zero-order valence-electron chi connectivity index (χ0n) is 9.00. The van der Waals surface area contributed by atoms with Gasteiger partial charge >= 0.3 is 0 Å². The minimum absolute atomic E-state index is 0.0966. The third kappa shape index (κ3) is 3.91. The maximum absolute atomic E-state index is 8.88. The van der Waals surface area contributed by atoms with Gasteiger partial charge in [0.2, 0.25) is 0 Å². The molecule has 1 N–H and O–H groups in total. The van der Waals surface area contributed by atoms with Crippen LogP contribution in [0.4, 0.5) is 0 Å². The van der Waals surface area contributed by atoms with E-state index in [2.05, 4.69) is 11.4 Å². The van der Waals surface area contributed by atoms with Crippen molar-refractivity contribution in [2.75, 3.05) is 0 Å². The Balaban J connectivity index is 2.50. The van der Waals surface area contributed by atoms with E-state index < -0.39 is 0 Å². The van der Waals surface area contributed by atoms with Crippen molar-refractivity contribution in [3.63, 3.8) is 0 Å². The summed E-state index contributed by atoms with van der Waals surface area (Å²) in [6, 6.07) is 9.79. The van der Waals surface area contributed by atoms with Gasteiger partial charge < -0.3 is 0 Å². The summed E-state index contributed by atoms with van der Waals surface area (Å²) in [5.41, 5.74) is 1.14. The molecule has 0 heterocycles. The van der Waals surface area contributed by atoms with Gasteiger partial charge in [-0.3, -0.25) is 5.32 Å². The fourth-order valence-corrected chi connectivity index (χ4v) is 1.39. The third-order valence-corrected chi connectivity index (χ3v) is 2.50. The highest BCUT2D eigenvalue weighted by molar-refractivity contribution is 6.30. The first kappa shape index (κ1) is 12.0. The van der Waals surface area contributed by atoms with E-state index in [1.54, 1.807) is 0 Å². The van der Waals surface area contributed by atoms with Crippen LogP contribution < -0.4 is 5.32 Å². The molecule has 0 spiro atoms. The van der Waals surface area contributed by atoms with Gasteiger partial charge in [0.05, 0.1) is 12.1 Å². The smallest absolute Gasteiger partial charge is 0.0978 e. The van der Waals surface area contributed by atoms with Crippen LogP contribution in [-0.4, -0.2) is 6.04 Å². The van der Waals surface area contributed by atoms with Crippen LogP contribution in [0.25, 0.3) is 0 Å². The van der Waals surface area contributed by atoms with Crippen molar-refractivity contribution >= 4 is 11.6 Å². The number of hydrogen-bond acceptors (Lipinski definition) is 2. The molecule has 1 aromatic carbocycles. The molecule has 1 atom stereocenters. The van der Waals surface area contributed by atoms with Crippen LogP contribution in [0.2, 0.25) is 5.02 Å². The van der Waals surface area contributed by atoms with Gasteiger partial charge in [-0.1, -0.05) is 37.6 Å². The van der Waals surface area contributed by atoms with Crippen LogP contribution in [0, 0.1) is 17.2 Å². The first-order valence-corrected chi connectivity index (χ1v) is 5.38. The quantitative estimate of drug-likeness (QED) is 0.850. The van der Waals surface area contributed by atoms with E-state index in [1.165, 1.54) is 0 Å². The number of nitrogens with zero attached hydrogens (tertiary/aromatic N) is 1. The standard InChI is InChI=1S/C12H15ClN2/c1-9(2)12(7-14)15-8-10-3-5-11(13)6-4-10/h3-6,9,12,15H,8H2,1-2H3. The lowest BCUT2D eigenvalue weighted by molar-refractivity contribution is 0.472. The summed E-state index contributed by atoms with van der Waals surface area (Å²) < 4.78 is 0. The Bertz CT molecular complexity index is 338. The Morgan fingerprint density at radius 3 is 2.40 bits per heavy atom. The van der Waals surface area contributed by atoms with Crippen LogP contribution in [0.5, 0.6) is 0 Å². The van der Waals surface area contributed by atoms with Crippen molar-refractivity contribution in [1.82, 2.24) is 5.32 Å². The Hall–Kier alpha value is -1.04. The Morgan fingerprint density at radius 1 is 1.33 bits per heavy atom. The predicted octanol–water partition coefficient (Wildman–Crippen LogP) is 2.98. The molecule has 1 unspecified atom stereocenters. The van der Waals surface area contributed by atoms with E-state index in [0.29, 0.717) is 12.5 Å². The summed E-state index contributed by atoms with van der Waals surface area (Å²) in [5.74, 6) is 0.322. The van der Waals surface area contributed by atoms with Gasteiger partial charge in [0.25, 0.3) is 0 Å². The molecule has 0 aromatic heterocycles. The van der Waals surface area contributed by atoms with Gasteiger partial charge in [0.15, 0.2) is 0 Å². The molecule has 0 aliphatic heterocycles. The molecule has 0 aliphatic rings. The summed E-state index contributed by atoms with van der Waals surface area (Å²) in [6.07, 6.45) is 0. The molecule has 0 saturated heterocycles.